The molecule has 1 aromatic carbocycles. The van der Waals surface area contributed by atoms with Crippen molar-refractivity contribution in [2.75, 3.05) is 38.1 Å². The quantitative estimate of drug-likeness (QED) is 0.680. The zero-order valence-electron chi connectivity index (χ0n) is 17.6. The summed E-state index contributed by atoms with van der Waals surface area (Å²) in [4.78, 5) is 33.5. The van der Waals surface area contributed by atoms with Crippen molar-refractivity contribution in [1.82, 2.24) is 9.88 Å². The van der Waals surface area contributed by atoms with Gasteiger partial charge in [-0.15, -0.1) is 0 Å². The first-order valence-electron chi connectivity index (χ1n) is 10.2. The number of hydrogen-bond donors (Lipinski definition) is 0. The minimum atomic E-state index is -4.56. The average molecular weight is 464 g/mol. The zero-order chi connectivity index (χ0) is 23.2. The summed E-state index contributed by atoms with van der Waals surface area (Å²) in [6.45, 7) is 4.01. The maximum absolute atomic E-state index is 13.9. The molecule has 5 nitrogen and oxygen atoms in total. The number of carbonyl (C=O) groups excluding carboxylic acids is 2. The Balaban J connectivity index is 1.69. The van der Waals surface area contributed by atoms with Crippen molar-refractivity contribution in [2.24, 2.45) is 0 Å². The lowest BCUT2D eigenvalue weighted by Gasteiger charge is -2.35. The van der Waals surface area contributed by atoms with Crippen molar-refractivity contribution in [1.29, 1.82) is 0 Å². The minimum Gasteiger partial charge on any atom is -0.368 e. The average Bonchev–Trinajstić information content (AvgIpc) is 2.75. The highest BCUT2D eigenvalue weighted by Crippen LogP contribution is 2.39. The predicted molar refractivity (Wildman–Crippen MR) is 115 cm³/mol. The van der Waals surface area contributed by atoms with E-state index in [0.29, 0.717) is 31.9 Å². The van der Waals surface area contributed by atoms with E-state index in [0.717, 1.165) is 6.07 Å². The zero-order valence-corrected chi connectivity index (χ0v) is 18.3. The molecule has 1 fully saturated rings. The van der Waals surface area contributed by atoms with E-state index in [-0.39, 0.29) is 39.5 Å². The van der Waals surface area contributed by atoms with Gasteiger partial charge in [0.1, 0.15) is 5.69 Å². The SMILES string of the molecule is Cc1ccc2c(n1)C(=O)C(Cl)=C(Cc1ccc(N3CCN(C)CC3)c(C(F)(F)F)c1)C2=O. The third-order valence-corrected chi connectivity index (χ3v) is 6.22. The number of carbonyl (C=O) groups is 2. The largest absolute Gasteiger partial charge is 0.418 e. The van der Waals surface area contributed by atoms with Crippen molar-refractivity contribution >= 4 is 28.9 Å². The topological polar surface area (TPSA) is 53.5 Å². The van der Waals surface area contributed by atoms with Crippen molar-refractivity contribution in [3.8, 4) is 0 Å². The summed E-state index contributed by atoms with van der Waals surface area (Å²) in [5.74, 6) is -1.08. The van der Waals surface area contributed by atoms with Gasteiger partial charge in [0.2, 0.25) is 5.78 Å². The van der Waals surface area contributed by atoms with Crippen LogP contribution in [0.1, 0.15) is 37.7 Å². The van der Waals surface area contributed by atoms with E-state index in [4.69, 9.17) is 11.6 Å². The fraction of sp³-hybridized carbons (Fsp3) is 0.348. The van der Waals surface area contributed by atoms with Crippen LogP contribution in [0.15, 0.2) is 40.9 Å². The Morgan fingerprint density at radius 3 is 2.38 bits per heavy atom. The first kappa shape index (κ1) is 22.5. The summed E-state index contributed by atoms with van der Waals surface area (Å²) in [6.07, 6.45) is -4.74. The Hall–Kier alpha value is -2.71. The van der Waals surface area contributed by atoms with Crippen molar-refractivity contribution in [3.63, 3.8) is 0 Å². The highest BCUT2D eigenvalue weighted by Gasteiger charge is 2.37. The van der Waals surface area contributed by atoms with E-state index in [1.165, 1.54) is 12.1 Å². The van der Waals surface area contributed by atoms with Crippen LogP contribution < -0.4 is 4.90 Å². The third-order valence-electron chi connectivity index (χ3n) is 5.82. The van der Waals surface area contributed by atoms with Crippen LogP contribution in [0.25, 0.3) is 0 Å². The van der Waals surface area contributed by atoms with Gasteiger partial charge in [-0.05, 0) is 43.8 Å². The summed E-state index contributed by atoms with van der Waals surface area (Å²) in [7, 11) is 1.93. The molecule has 1 aromatic heterocycles. The molecule has 0 spiro atoms. The van der Waals surface area contributed by atoms with Gasteiger partial charge in [-0.1, -0.05) is 17.7 Å². The van der Waals surface area contributed by atoms with E-state index in [1.807, 2.05) is 7.05 Å². The molecule has 0 amide bonds. The molecule has 1 aliphatic carbocycles. The number of hydrogen-bond acceptors (Lipinski definition) is 5. The smallest absolute Gasteiger partial charge is 0.368 e. The van der Waals surface area contributed by atoms with Crippen molar-refractivity contribution in [2.45, 2.75) is 19.5 Å². The van der Waals surface area contributed by atoms with Crippen molar-refractivity contribution < 1.29 is 22.8 Å². The number of anilines is 1. The highest BCUT2D eigenvalue weighted by molar-refractivity contribution is 6.49. The Morgan fingerprint density at radius 2 is 1.72 bits per heavy atom. The normalized spacial score (nSPS) is 17.8. The number of rotatable bonds is 3. The molecule has 0 saturated carbocycles. The predicted octanol–water partition coefficient (Wildman–Crippen LogP) is 4.28. The van der Waals surface area contributed by atoms with Crippen LogP contribution >= 0.6 is 11.6 Å². The molecule has 2 aromatic rings. The second-order valence-electron chi connectivity index (χ2n) is 8.12. The second kappa shape index (κ2) is 8.33. The van der Waals surface area contributed by atoms with Crippen LogP contribution in [0.4, 0.5) is 18.9 Å². The number of ketones is 2. The number of allylic oxidation sites excluding steroid dienone is 2. The maximum Gasteiger partial charge on any atom is 0.418 e. The van der Waals surface area contributed by atoms with Gasteiger partial charge in [-0.2, -0.15) is 13.2 Å². The number of pyridine rings is 1. The maximum atomic E-state index is 13.9. The van der Waals surface area contributed by atoms with Gasteiger partial charge in [-0.25, -0.2) is 4.98 Å². The minimum absolute atomic E-state index is 0.0182. The number of nitrogens with zero attached hydrogens (tertiary/aromatic N) is 3. The number of aryl methyl sites for hydroxylation is 1. The van der Waals surface area contributed by atoms with Gasteiger partial charge < -0.3 is 9.80 Å². The monoisotopic (exact) mass is 463 g/mol. The molecule has 0 unspecified atom stereocenters. The van der Waals surface area contributed by atoms with Gasteiger partial charge in [0.25, 0.3) is 0 Å². The molecule has 1 aliphatic heterocycles. The number of Topliss-reactive ketones (excluding diaryl/α,β-unsaturated/α-hetero) is 2. The molecule has 4 rings (SSSR count). The first-order valence-corrected chi connectivity index (χ1v) is 10.5. The summed E-state index contributed by atoms with van der Waals surface area (Å²) in [5.41, 5.74) is 0.250. The molecule has 168 valence electrons. The Labute approximate surface area is 188 Å². The molecule has 2 aliphatic rings. The van der Waals surface area contributed by atoms with Gasteiger partial charge in [0, 0.05) is 49.6 Å². The number of benzene rings is 1. The summed E-state index contributed by atoms with van der Waals surface area (Å²) < 4.78 is 41.7. The van der Waals surface area contributed by atoms with Crippen LogP contribution in [0, 0.1) is 6.92 Å². The van der Waals surface area contributed by atoms with Gasteiger partial charge in [-0.3, -0.25) is 9.59 Å². The van der Waals surface area contributed by atoms with Gasteiger partial charge >= 0.3 is 6.18 Å². The molecule has 1 saturated heterocycles. The van der Waals surface area contributed by atoms with E-state index in [2.05, 4.69) is 9.88 Å². The van der Waals surface area contributed by atoms with Crippen molar-refractivity contribution in [3.05, 3.63) is 69.0 Å². The molecule has 0 bridgehead atoms. The molecular weight excluding hydrogens is 443 g/mol. The number of alkyl halides is 3. The summed E-state index contributed by atoms with van der Waals surface area (Å²) in [6, 6.07) is 7.14. The number of likely N-dealkylation sites (N-methyl/N-ethyl adjacent to an activating group) is 1. The molecule has 0 radical (unpaired) electrons. The standard InChI is InChI=1S/C23H21ClF3N3O2/c1-13-3-5-15-20(28-13)22(32)19(24)16(21(15)31)11-14-4-6-18(17(12-14)23(25,26)27)30-9-7-29(2)8-10-30/h3-6,12H,7-11H2,1-2H3. The lowest BCUT2D eigenvalue weighted by molar-refractivity contribution is -0.137. The molecular formula is C23H21ClF3N3O2. The lowest BCUT2D eigenvalue weighted by atomic mass is 9.88. The van der Waals surface area contributed by atoms with Crippen LogP contribution in [-0.4, -0.2) is 54.7 Å². The molecule has 0 N–H and O–H groups in total. The third kappa shape index (κ3) is 4.17. The first-order chi connectivity index (χ1) is 15.1. The summed E-state index contributed by atoms with van der Waals surface area (Å²) >= 11 is 6.19. The van der Waals surface area contributed by atoms with E-state index < -0.39 is 23.3 Å². The van der Waals surface area contributed by atoms with E-state index in [9.17, 15) is 22.8 Å². The number of halogens is 4. The van der Waals surface area contributed by atoms with Crippen LogP contribution in [0.2, 0.25) is 0 Å². The Bertz CT molecular complexity index is 1140. The number of aromatic nitrogens is 1. The van der Waals surface area contributed by atoms with Crippen LogP contribution in [-0.2, 0) is 12.6 Å². The molecule has 9 heteroatoms. The molecule has 32 heavy (non-hydrogen) atoms. The number of fused-ring (bicyclic) bond motifs is 1. The fourth-order valence-electron chi connectivity index (χ4n) is 4.02. The van der Waals surface area contributed by atoms with E-state index >= 15 is 0 Å². The fourth-order valence-corrected chi connectivity index (χ4v) is 4.26. The molecule has 2 heterocycles. The highest BCUT2D eigenvalue weighted by atomic mass is 35.5. The van der Waals surface area contributed by atoms with Crippen LogP contribution in [0.5, 0.6) is 0 Å². The molecule has 0 atom stereocenters. The summed E-state index contributed by atoms with van der Waals surface area (Å²) in [5, 5.41) is -0.294. The Kier molecular flexibility index (Phi) is 5.85. The number of piperazine rings is 1. The van der Waals surface area contributed by atoms with Crippen LogP contribution in [0.3, 0.4) is 0 Å². The van der Waals surface area contributed by atoms with Gasteiger partial charge in [0.15, 0.2) is 5.78 Å². The van der Waals surface area contributed by atoms with E-state index in [1.54, 1.807) is 24.0 Å². The second-order valence-corrected chi connectivity index (χ2v) is 8.49. The lowest BCUT2D eigenvalue weighted by Crippen LogP contribution is -2.45. The van der Waals surface area contributed by atoms with Gasteiger partial charge in [0.05, 0.1) is 16.2 Å². The Morgan fingerprint density at radius 1 is 1.03 bits per heavy atom.